The van der Waals surface area contributed by atoms with Crippen molar-refractivity contribution in [3.63, 3.8) is 0 Å². The number of carbonyl (C=O) groups excluding carboxylic acids is 1. The minimum absolute atomic E-state index is 0.123. The Balaban J connectivity index is 1.80. The van der Waals surface area contributed by atoms with Gasteiger partial charge in [0.05, 0.1) is 13.0 Å². The van der Waals surface area contributed by atoms with E-state index in [9.17, 15) is 4.79 Å². The van der Waals surface area contributed by atoms with E-state index in [2.05, 4.69) is 15.5 Å². The third-order valence-corrected chi connectivity index (χ3v) is 3.35. The normalized spacial score (nSPS) is 10.2. The van der Waals surface area contributed by atoms with Crippen LogP contribution in [0.2, 0.25) is 0 Å². The first-order chi connectivity index (χ1) is 9.16. The molecule has 1 amide bonds. The molecule has 0 saturated carbocycles. The van der Waals surface area contributed by atoms with Crippen LogP contribution in [0.3, 0.4) is 0 Å². The number of ether oxygens (including phenoxy) is 1. The Bertz CT molecular complexity index is 555. The molecule has 1 N–H and O–H groups in total. The molecule has 0 bridgehead atoms. The van der Waals surface area contributed by atoms with Crippen LogP contribution in [0.5, 0.6) is 5.75 Å². The molecule has 1 aromatic heterocycles. The SMILES string of the molecule is Cc1cccc(OCCC(=O)Nc2nncs2)c1C. The molecule has 19 heavy (non-hydrogen) atoms. The van der Waals surface area contributed by atoms with Crippen molar-refractivity contribution in [2.75, 3.05) is 11.9 Å². The molecule has 0 aliphatic carbocycles. The molecular weight excluding hydrogens is 262 g/mol. The topological polar surface area (TPSA) is 64.1 Å². The molecule has 0 saturated heterocycles. The second-order valence-corrected chi connectivity index (χ2v) is 4.92. The molecule has 0 radical (unpaired) electrons. The summed E-state index contributed by atoms with van der Waals surface area (Å²) in [5.74, 6) is 0.700. The van der Waals surface area contributed by atoms with Gasteiger partial charge in [-0.3, -0.25) is 4.79 Å². The van der Waals surface area contributed by atoms with Crippen LogP contribution in [0.25, 0.3) is 0 Å². The van der Waals surface area contributed by atoms with Crippen LogP contribution in [-0.4, -0.2) is 22.7 Å². The Morgan fingerprint density at radius 2 is 2.26 bits per heavy atom. The Morgan fingerprint density at radius 3 is 3.00 bits per heavy atom. The smallest absolute Gasteiger partial charge is 0.229 e. The fourth-order valence-electron chi connectivity index (χ4n) is 1.54. The first-order valence-electron chi connectivity index (χ1n) is 5.92. The number of anilines is 1. The Morgan fingerprint density at radius 1 is 1.42 bits per heavy atom. The van der Waals surface area contributed by atoms with Crippen LogP contribution in [0, 0.1) is 13.8 Å². The molecule has 1 heterocycles. The Labute approximate surface area is 115 Å². The lowest BCUT2D eigenvalue weighted by Crippen LogP contribution is -2.15. The molecule has 2 rings (SSSR count). The van der Waals surface area contributed by atoms with E-state index in [1.165, 1.54) is 16.9 Å². The lowest BCUT2D eigenvalue weighted by atomic mass is 10.1. The van der Waals surface area contributed by atoms with Gasteiger partial charge in [-0.2, -0.15) is 0 Å². The van der Waals surface area contributed by atoms with Crippen LogP contribution in [0.1, 0.15) is 17.5 Å². The highest BCUT2D eigenvalue weighted by atomic mass is 32.1. The van der Waals surface area contributed by atoms with Crippen molar-refractivity contribution in [3.05, 3.63) is 34.8 Å². The standard InChI is InChI=1S/C13H15N3O2S/c1-9-4-3-5-11(10(9)2)18-7-6-12(17)15-13-16-14-8-19-13/h3-5,8H,6-7H2,1-2H3,(H,15,16,17). The number of rotatable bonds is 5. The van der Waals surface area contributed by atoms with Crippen molar-refractivity contribution in [1.82, 2.24) is 10.2 Å². The minimum atomic E-state index is -0.123. The lowest BCUT2D eigenvalue weighted by Gasteiger charge is -2.10. The minimum Gasteiger partial charge on any atom is -0.493 e. The molecule has 0 aliphatic rings. The predicted octanol–water partition coefficient (Wildman–Crippen LogP) is 2.56. The van der Waals surface area contributed by atoms with Crippen molar-refractivity contribution in [2.45, 2.75) is 20.3 Å². The largest absolute Gasteiger partial charge is 0.493 e. The van der Waals surface area contributed by atoms with E-state index in [4.69, 9.17) is 4.74 Å². The quantitative estimate of drug-likeness (QED) is 0.912. The molecule has 1 aromatic carbocycles. The maximum Gasteiger partial charge on any atom is 0.229 e. The van der Waals surface area contributed by atoms with Gasteiger partial charge in [0.15, 0.2) is 0 Å². The van der Waals surface area contributed by atoms with Gasteiger partial charge in [0, 0.05) is 0 Å². The number of aryl methyl sites for hydroxylation is 1. The van der Waals surface area contributed by atoms with E-state index in [1.54, 1.807) is 5.51 Å². The maximum absolute atomic E-state index is 11.6. The number of aromatic nitrogens is 2. The van der Waals surface area contributed by atoms with Gasteiger partial charge in [-0.25, -0.2) is 0 Å². The van der Waals surface area contributed by atoms with Crippen LogP contribution in [-0.2, 0) is 4.79 Å². The van der Waals surface area contributed by atoms with Crippen molar-refractivity contribution < 1.29 is 9.53 Å². The van der Waals surface area contributed by atoms with Crippen molar-refractivity contribution in [1.29, 1.82) is 0 Å². The molecule has 0 spiro atoms. The summed E-state index contributed by atoms with van der Waals surface area (Å²) >= 11 is 1.29. The molecule has 0 unspecified atom stereocenters. The fraction of sp³-hybridized carbons (Fsp3) is 0.308. The maximum atomic E-state index is 11.6. The summed E-state index contributed by atoms with van der Waals surface area (Å²) in [4.78, 5) is 11.6. The summed E-state index contributed by atoms with van der Waals surface area (Å²) in [6, 6.07) is 5.88. The van der Waals surface area contributed by atoms with Crippen LogP contribution in [0.15, 0.2) is 23.7 Å². The van der Waals surface area contributed by atoms with E-state index in [0.717, 1.165) is 11.3 Å². The van der Waals surface area contributed by atoms with Gasteiger partial charge in [-0.15, -0.1) is 10.2 Å². The van der Waals surface area contributed by atoms with E-state index >= 15 is 0 Å². The van der Waals surface area contributed by atoms with Gasteiger partial charge in [-0.05, 0) is 31.0 Å². The number of hydrogen-bond acceptors (Lipinski definition) is 5. The molecule has 6 heteroatoms. The number of nitrogens with zero attached hydrogens (tertiary/aromatic N) is 2. The zero-order valence-corrected chi connectivity index (χ0v) is 11.7. The summed E-state index contributed by atoms with van der Waals surface area (Å²) in [5.41, 5.74) is 3.85. The number of amides is 1. The summed E-state index contributed by atoms with van der Waals surface area (Å²) < 4.78 is 5.61. The highest BCUT2D eigenvalue weighted by Gasteiger charge is 2.06. The molecule has 0 aliphatic heterocycles. The van der Waals surface area contributed by atoms with Gasteiger partial charge in [0.25, 0.3) is 0 Å². The van der Waals surface area contributed by atoms with E-state index in [-0.39, 0.29) is 12.3 Å². The zero-order chi connectivity index (χ0) is 13.7. The summed E-state index contributed by atoms with van der Waals surface area (Å²) in [5, 5.41) is 10.6. The summed E-state index contributed by atoms with van der Waals surface area (Å²) in [6.07, 6.45) is 0.285. The first-order valence-corrected chi connectivity index (χ1v) is 6.80. The Kier molecular flexibility index (Phi) is 4.46. The first kappa shape index (κ1) is 13.5. The predicted molar refractivity (Wildman–Crippen MR) is 74.6 cm³/mol. The number of nitrogens with one attached hydrogen (secondary N) is 1. The van der Waals surface area contributed by atoms with Crippen LogP contribution >= 0.6 is 11.3 Å². The van der Waals surface area contributed by atoms with Crippen molar-refractivity contribution in [3.8, 4) is 5.75 Å². The highest BCUT2D eigenvalue weighted by Crippen LogP contribution is 2.20. The second kappa shape index (κ2) is 6.29. The lowest BCUT2D eigenvalue weighted by molar-refractivity contribution is -0.116. The molecule has 2 aromatic rings. The van der Waals surface area contributed by atoms with Crippen LogP contribution in [0.4, 0.5) is 5.13 Å². The molecule has 0 atom stereocenters. The summed E-state index contributed by atoms with van der Waals surface area (Å²) in [7, 11) is 0. The van der Waals surface area contributed by atoms with Gasteiger partial charge in [0.1, 0.15) is 11.3 Å². The van der Waals surface area contributed by atoms with E-state index in [0.29, 0.717) is 11.7 Å². The highest BCUT2D eigenvalue weighted by molar-refractivity contribution is 7.13. The average Bonchev–Trinajstić information content (AvgIpc) is 2.87. The second-order valence-electron chi connectivity index (χ2n) is 4.09. The Hall–Kier alpha value is -1.95. The monoisotopic (exact) mass is 277 g/mol. The van der Waals surface area contributed by atoms with E-state index in [1.807, 2.05) is 32.0 Å². The van der Waals surface area contributed by atoms with Crippen molar-refractivity contribution >= 4 is 22.4 Å². The third kappa shape index (κ3) is 3.75. The molecule has 100 valence electrons. The average molecular weight is 277 g/mol. The number of carbonyl (C=O) groups is 1. The third-order valence-electron chi connectivity index (χ3n) is 2.75. The van der Waals surface area contributed by atoms with Gasteiger partial charge in [0.2, 0.25) is 11.0 Å². The summed E-state index contributed by atoms with van der Waals surface area (Å²) in [6.45, 7) is 4.38. The van der Waals surface area contributed by atoms with E-state index < -0.39 is 0 Å². The van der Waals surface area contributed by atoms with Crippen molar-refractivity contribution in [2.24, 2.45) is 0 Å². The molecule has 0 fully saturated rings. The zero-order valence-electron chi connectivity index (χ0n) is 10.8. The number of benzene rings is 1. The fourth-order valence-corrected chi connectivity index (χ4v) is 2.00. The molecular formula is C13H15N3O2S. The number of hydrogen-bond donors (Lipinski definition) is 1. The van der Waals surface area contributed by atoms with Gasteiger partial charge >= 0.3 is 0 Å². The van der Waals surface area contributed by atoms with Gasteiger partial charge in [-0.1, -0.05) is 23.5 Å². The molecule has 5 nitrogen and oxygen atoms in total. The van der Waals surface area contributed by atoms with Crippen LogP contribution < -0.4 is 10.1 Å². The van der Waals surface area contributed by atoms with Gasteiger partial charge < -0.3 is 10.1 Å².